The number of aromatic carboxylic acids is 1. The average Bonchev–Trinajstić information content (AvgIpc) is 2.71. The van der Waals surface area contributed by atoms with Crippen LogP contribution in [-0.4, -0.2) is 16.1 Å². The first-order valence-electron chi connectivity index (χ1n) is 3.60. The van der Waals surface area contributed by atoms with Gasteiger partial charge in [-0.1, -0.05) is 11.6 Å². The molecule has 0 atom stereocenters. The highest BCUT2D eigenvalue weighted by Gasteiger charge is 2.12. The number of carboxylic acids is 1. The Bertz CT molecular complexity index is 477. The molecule has 0 aromatic carbocycles. The smallest absolute Gasteiger partial charge is 0.355 e. The van der Waals surface area contributed by atoms with E-state index in [0.717, 1.165) is 4.88 Å². The highest BCUT2D eigenvalue weighted by atomic mass is 35.5. The molecule has 0 fully saturated rings. The third-order valence-electron chi connectivity index (χ3n) is 1.53. The summed E-state index contributed by atoms with van der Waals surface area (Å²) in [4.78, 5) is 15.4. The molecule has 3 nitrogen and oxygen atoms in total. The number of hydrogen-bond acceptors (Lipinski definition) is 4. The second-order valence-electron chi connectivity index (χ2n) is 2.44. The molecule has 0 unspecified atom stereocenters. The molecular formula is C8H4ClNO2S2. The molecule has 0 bridgehead atoms. The van der Waals surface area contributed by atoms with Gasteiger partial charge in [0, 0.05) is 5.38 Å². The molecule has 2 aromatic rings. The summed E-state index contributed by atoms with van der Waals surface area (Å²) in [7, 11) is 0. The van der Waals surface area contributed by atoms with Crippen LogP contribution in [0.5, 0.6) is 0 Å². The van der Waals surface area contributed by atoms with Crippen LogP contribution in [0.1, 0.15) is 10.5 Å². The lowest BCUT2D eigenvalue weighted by atomic mass is 10.4. The van der Waals surface area contributed by atoms with Crippen LogP contribution < -0.4 is 0 Å². The summed E-state index contributed by atoms with van der Waals surface area (Å²) in [5.74, 6) is -1.01. The number of hydrogen-bond donors (Lipinski definition) is 1. The summed E-state index contributed by atoms with van der Waals surface area (Å²) in [5.41, 5.74) is 0.0643. The third kappa shape index (κ3) is 1.66. The zero-order chi connectivity index (χ0) is 10.1. The first kappa shape index (κ1) is 9.64. The summed E-state index contributed by atoms with van der Waals surface area (Å²) < 4.78 is 0. The van der Waals surface area contributed by atoms with E-state index < -0.39 is 5.97 Å². The van der Waals surface area contributed by atoms with Gasteiger partial charge in [0.15, 0.2) is 5.69 Å². The highest BCUT2D eigenvalue weighted by Crippen LogP contribution is 2.34. The number of carboxylic acid groups (broad SMARTS) is 1. The van der Waals surface area contributed by atoms with E-state index in [1.54, 1.807) is 6.07 Å². The van der Waals surface area contributed by atoms with Gasteiger partial charge >= 0.3 is 5.97 Å². The van der Waals surface area contributed by atoms with Gasteiger partial charge in [0.25, 0.3) is 0 Å². The van der Waals surface area contributed by atoms with Crippen LogP contribution in [-0.2, 0) is 0 Å². The quantitative estimate of drug-likeness (QED) is 0.884. The highest BCUT2D eigenvalue weighted by molar-refractivity contribution is 7.20. The van der Waals surface area contributed by atoms with Crippen molar-refractivity contribution in [3.05, 3.63) is 27.5 Å². The molecule has 0 aliphatic carbocycles. The van der Waals surface area contributed by atoms with Gasteiger partial charge < -0.3 is 5.11 Å². The lowest BCUT2D eigenvalue weighted by Gasteiger charge is -1.89. The SMILES string of the molecule is O=C(O)c1csc(-c2sccc2Cl)n1. The van der Waals surface area contributed by atoms with Crippen LogP contribution in [0.15, 0.2) is 16.8 Å². The molecule has 0 saturated carbocycles. The van der Waals surface area contributed by atoms with Crippen LogP contribution in [0, 0.1) is 0 Å². The van der Waals surface area contributed by atoms with Gasteiger partial charge in [-0.2, -0.15) is 0 Å². The van der Waals surface area contributed by atoms with E-state index in [0.29, 0.717) is 10.0 Å². The lowest BCUT2D eigenvalue weighted by Crippen LogP contribution is -1.95. The van der Waals surface area contributed by atoms with Gasteiger partial charge in [0.1, 0.15) is 5.01 Å². The van der Waals surface area contributed by atoms with Crippen LogP contribution in [0.25, 0.3) is 9.88 Å². The van der Waals surface area contributed by atoms with Crippen molar-refractivity contribution < 1.29 is 9.90 Å². The maximum Gasteiger partial charge on any atom is 0.355 e. The summed E-state index contributed by atoms with van der Waals surface area (Å²) in [5, 5.41) is 13.3. The largest absolute Gasteiger partial charge is 0.476 e. The van der Waals surface area contributed by atoms with E-state index in [1.165, 1.54) is 28.1 Å². The molecular weight excluding hydrogens is 242 g/mol. The summed E-state index contributed by atoms with van der Waals surface area (Å²) in [6, 6.07) is 1.77. The summed E-state index contributed by atoms with van der Waals surface area (Å²) >= 11 is 8.63. The molecule has 1 N–H and O–H groups in total. The minimum Gasteiger partial charge on any atom is -0.476 e. The zero-order valence-electron chi connectivity index (χ0n) is 6.73. The predicted molar refractivity (Wildman–Crippen MR) is 57.4 cm³/mol. The molecule has 0 aliphatic heterocycles. The van der Waals surface area contributed by atoms with E-state index in [1.807, 2.05) is 5.38 Å². The monoisotopic (exact) mass is 245 g/mol. The number of thiophene rings is 1. The maximum atomic E-state index is 10.6. The Balaban J connectivity index is 2.43. The van der Waals surface area contributed by atoms with E-state index >= 15 is 0 Å². The Morgan fingerprint density at radius 1 is 1.50 bits per heavy atom. The van der Waals surface area contributed by atoms with E-state index in [-0.39, 0.29) is 5.69 Å². The van der Waals surface area contributed by atoms with E-state index in [2.05, 4.69) is 4.98 Å². The molecule has 2 rings (SSSR count). The van der Waals surface area contributed by atoms with Crippen LogP contribution >= 0.6 is 34.3 Å². The van der Waals surface area contributed by atoms with Gasteiger partial charge in [-0.05, 0) is 11.4 Å². The van der Waals surface area contributed by atoms with Gasteiger partial charge in [-0.25, -0.2) is 9.78 Å². The molecule has 2 aromatic heterocycles. The fourth-order valence-electron chi connectivity index (χ4n) is 0.923. The normalized spacial score (nSPS) is 10.4. The molecule has 14 heavy (non-hydrogen) atoms. The van der Waals surface area contributed by atoms with Gasteiger partial charge in [-0.15, -0.1) is 22.7 Å². The standard InChI is InChI=1S/C8H4ClNO2S2/c9-4-1-2-13-6(4)7-10-5(3-14-7)8(11)12/h1-3H,(H,11,12). The van der Waals surface area contributed by atoms with E-state index in [4.69, 9.17) is 16.7 Å². The average molecular weight is 246 g/mol. The second-order valence-corrected chi connectivity index (χ2v) is 4.62. The van der Waals surface area contributed by atoms with Gasteiger partial charge in [0.2, 0.25) is 0 Å². The number of carbonyl (C=O) groups is 1. The third-order valence-corrected chi connectivity index (χ3v) is 3.87. The molecule has 0 aliphatic rings. The number of halogens is 1. The maximum absolute atomic E-state index is 10.6. The molecule has 0 spiro atoms. The van der Waals surface area contributed by atoms with E-state index in [9.17, 15) is 4.79 Å². The van der Waals surface area contributed by atoms with Crippen molar-refractivity contribution in [1.29, 1.82) is 0 Å². The lowest BCUT2D eigenvalue weighted by molar-refractivity contribution is 0.0691. The minimum atomic E-state index is -1.01. The Morgan fingerprint density at radius 3 is 2.79 bits per heavy atom. The van der Waals surface area contributed by atoms with Gasteiger partial charge in [0.05, 0.1) is 9.90 Å². The fourth-order valence-corrected chi connectivity index (χ4v) is 3.04. The Kier molecular flexibility index (Phi) is 2.54. The minimum absolute atomic E-state index is 0.0643. The van der Waals surface area contributed by atoms with Crippen LogP contribution in [0.3, 0.4) is 0 Å². The molecule has 0 saturated heterocycles. The Labute approximate surface area is 92.6 Å². The fraction of sp³-hybridized carbons (Fsp3) is 0. The van der Waals surface area contributed by atoms with Crippen molar-refractivity contribution in [2.45, 2.75) is 0 Å². The number of thiazole rings is 1. The molecule has 72 valence electrons. The number of aromatic nitrogens is 1. The van der Waals surface area contributed by atoms with Crippen molar-refractivity contribution in [2.24, 2.45) is 0 Å². The summed E-state index contributed by atoms with van der Waals surface area (Å²) in [6.45, 7) is 0. The van der Waals surface area contributed by atoms with Gasteiger partial charge in [-0.3, -0.25) is 0 Å². The molecule has 6 heteroatoms. The van der Waals surface area contributed by atoms with Crippen molar-refractivity contribution in [3.63, 3.8) is 0 Å². The van der Waals surface area contributed by atoms with Crippen molar-refractivity contribution in [3.8, 4) is 9.88 Å². The first-order valence-corrected chi connectivity index (χ1v) is 5.74. The molecule has 0 radical (unpaired) electrons. The van der Waals surface area contributed by atoms with Crippen molar-refractivity contribution in [1.82, 2.24) is 4.98 Å². The second kappa shape index (κ2) is 3.68. The summed E-state index contributed by atoms with van der Waals surface area (Å²) in [6.07, 6.45) is 0. The zero-order valence-corrected chi connectivity index (χ0v) is 9.12. The molecule has 2 heterocycles. The number of rotatable bonds is 2. The van der Waals surface area contributed by atoms with Crippen molar-refractivity contribution >= 4 is 40.2 Å². The Morgan fingerprint density at radius 2 is 2.29 bits per heavy atom. The Hall–Kier alpha value is -0.910. The van der Waals surface area contributed by atoms with Crippen molar-refractivity contribution in [2.75, 3.05) is 0 Å². The van der Waals surface area contributed by atoms with Crippen LogP contribution in [0.4, 0.5) is 0 Å². The number of nitrogens with zero attached hydrogens (tertiary/aromatic N) is 1. The first-order chi connectivity index (χ1) is 6.68. The molecule has 0 amide bonds. The van der Waals surface area contributed by atoms with Crippen LogP contribution in [0.2, 0.25) is 5.02 Å². The predicted octanol–water partition coefficient (Wildman–Crippen LogP) is 3.22. The topological polar surface area (TPSA) is 50.2 Å².